The Morgan fingerprint density at radius 2 is 1.90 bits per heavy atom. The standard InChI is InChI=1S/C16H24N4/c1-2-14(1)18-12-13-11-17-6-5-16(13)20-9-7-19(8-10-20)15-3-4-15/h5-6,11,14-15,18H,1-4,7-10,12H2. The van der Waals surface area contributed by atoms with E-state index in [1.807, 2.05) is 12.4 Å². The van der Waals surface area contributed by atoms with Gasteiger partial charge in [-0.2, -0.15) is 0 Å². The molecule has 0 radical (unpaired) electrons. The van der Waals surface area contributed by atoms with Gasteiger partial charge in [0.05, 0.1) is 0 Å². The maximum atomic E-state index is 4.31. The van der Waals surface area contributed by atoms with E-state index in [2.05, 4.69) is 26.2 Å². The van der Waals surface area contributed by atoms with Gasteiger partial charge in [-0.05, 0) is 31.7 Å². The highest BCUT2D eigenvalue weighted by atomic mass is 15.3. The smallest absolute Gasteiger partial charge is 0.0443 e. The first-order chi connectivity index (χ1) is 9.90. The Hall–Kier alpha value is -1.13. The molecule has 108 valence electrons. The van der Waals surface area contributed by atoms with E-state index in [4.69, 9.17) is 0 Å². The van der Waals surface area contributed by atoms with Gasteiger partial charge in [0.25, 0.3) is 0 Å². The highest BCUT2D eigenvalue weighted by molar-refractivity contribution is 5.52. The highest BCUT2D eigenvalue weighted by Gasteiger charge is 2.31. The molecule has 2 aliphatic carbocycles. The van der Waals surface area contributed by atoms with Crippen LogP contribution in [0, 0.1) is 0 Å². The lowest BCUT2D eigenvalue weighted by Crippen LogP contribution is -2.47. The normalized spacial score (nSPS) is 24.1. The summed E-state index contributed by atoms with van der Waals surface area (Å²) in [6.07, 6.45) is 9.50. The van der Waals surface area contributed by atoms with Gasteiger partial charge in [0.2, 0.25) is 0 Å². The first-order valence-electron chi connectivity index (χ1n) is 8.05. The molecule has 0 aromatic carbocycles. The fourth-order valence-corrected chi connectivity index (χ4v) is 3.17. The molecule has 4 rings (SSSR count). The molecule has 0 atom stereocenters. The second kappa shape index (κ2) is 5.34. The first-order valence-corrected chi connectivity index (χ1v) is 8.05. The Bertz CT molecular complexity index is 459. The molecule has 2 heterocycles. The Morgan fingerprint density at radius 3 is 2.60 bits per heavy atom. The predicted molar refractivity (Wildman–Crippen MR) is 80.9 cm³/mol. The molecular formula is C16H24N4. The molecule has 0 spiro atoms. The highest BCUT2D eigenvalue weighted by Crippen LogP contribution is 2.29. The summed E-state index contributed by atoms with van der Waals surface area (Å²) in [5, 5.41) is 3.61. The molecule has 3 aliphatic rings. The first kappa shape index (κ1) is 12.6. The summed E-state index contributed by atoms with van der Waals surface area (Å²) in [4.78, 5) is 9.53. The van der Waals surface area contributed by atoms with Crippen LogP contribution in [0.3, 0.4) is 0 Å². The summed E-state index contributed by atoms with van der Waals surface area (Å²) in [5.74, 6) is 0. The van der Waals surface area contributed by atoms with Gasteiger partial charge in [-0.3, -0.25) is 9.88 Å². The molecule has 1 aromatic rings. The Balaban J connectivity index is 1.41. The maximum Gasteiger partial charge on any atom is 0.0443 e. The number of hydrogen-bond donors (Lipinski definition) is 1. The zero-order chi connectivity index (χ0) is 13.4. The van der Waals surface area contributed by atoms with Crippen LogP contribution in [0.4, 0.5) is 5.69 Å². The van der Waals surface area contributed by atoms with Crippen molar-refractivity contribution in [2.24, 2.45) is 0 Å². The van der Waals surface area contributed by atoms with Gasteiger partial charge in [0.1, 0.15) is 0 Å². The number of piperazine rings is 1. The van der Waals surface area contributed by atoms with E-state index >= 15 is 0 Å². The number of nitrogens with zero attached hydrogens (tertiary/aromatic N) is 3. The summed E-state index contributed by atoms with van der Waals surface area (Å²) in [6.45, 7) is 5.75. The molecule has 3 fully saturated rings. The van der Waals surface area contributed by atoms with E-state index in [9.17, 15) is 0 Å². The minimum atomic E-state index is 0.759. The van der Waals surface area contributed by atoms with Gasteiger partial charge in [0, 0.05) is 68.5 Å². The average Bonchev–Trinajstić information content (AvgIpc) is 3.40. The predicted octanol–water partition coefficient (Wildman–Crippen LogP) is 1.62. The van der Waals surface area contributed by atoms with E-state index in [0.717, 1.165) is 31.7 Å². The van der Waals surface area contributed by atoms with Crippen LogP contribution < -0.4 is 10.2 Å². The lowest BCUT2D eigenvalue weighted by Gasteiger charge is -2.37. The van der Waals surface area contributed by atoms with Crippen LogP contribution in [0.1, 0.15) is 31.2 Å². The van der Waals surface area contributed by atoms with Crippen molar-refractivity contribution in [3.8, 4) is 0 Å². The zero-order valence-electron chi connectivity index (χ0n) is 12.1. The van der Waals surface area contributed by atoms with Gasteiger partial charge in [-0.15, -0.1) is 0 Å². The number of rotatable bonds is 5. The van der Waals surface area contributed by atoms with Crippen molar-refractivity contribution in [1.29, 1.82) is 0 Å². The van der Waals surface area contributed by atoms with Gasteiger partial charge < -0.3 is 10.2 Å². The molecule has 1 aliphatic heterocycles. The topological polar surface area (TPSA) is 31.4 Å². The van der Waals surface area contributed by atoms with Crippen LogP contribution in [-0.2, 0) is 6.54 Å². The van der Waals surface area contributed by atoms with Crippen LogP contribution in [0.25, 0.3) is 0 Å². The van der Waals surface area contributed by atoms with E-state index < -0.39 is 0 Å². The SMILES string of the molecule is c1cc(N2CCN(C3CC3)CC2)c(CNC2CC2)cn1. The van der Waals surface area contributed by atoms with Crippen LogP contribution in [0.15, 0.2) is 18.5 Å². The van der Waals surface area contributed by atoms with Crippen LogP contribution in [0.5, 0.6) is 0 Å². The molecule has 20 heavy (non-hydrogen) atoms. The minimum absolute atomic E-state index is 0.759. The number of anilines is 1. The fraction of sp³-hybridized carbons (Fsp3) is 0.688. The Labute approximate surface area is 121 Å². The molecule has 1 saturated heterocycles. The summed E-state index contributed by atoms with van der Waals surface area (Å²) < 4.78 is 0. The lowest BCUT2D eigenvalue weighted by molar-refractivity contribution is 0.248. The summed E-state index contributed by atoms with van der Waals surface area (Å²) in [5.41, 5.74) is 2.75. The summed E-state index contributed by atoms with van der Waals surface area (Å²) >= 11 is 0. The lowest BCUT2D eigenvalue weighted by atomic mass is 10.2. The quantitative estimate of drug-likeness (QED) is 0.882. The van der Waals surface area contributed by atoms with Crippen molar-refractivity contribution >= 4 is 5.69 Å². The Kier molecular flexibility index (Phi) is 3.36. The zero-order valence-corrected chi connectivity index (χ0v) is 12.1. The average molecular weight is 272 g/mol. The van der Waals surface area contributed by atoms with Crippen molar-refractivity contribution in [3.05, 3.63) is 24.0 Å². The van der Waals surface area contributed by atoms with Gasteiger partial charge >= 0.3 is 0 Å². The van der Waals surface area contributed by atoms with Crippen LogP contribution in [-0.4, -0.2) is 48.1 Å². The second-order valence-electron chi connectivity index (χ2n) is 6.41. The third-order valence-electron chi connectivity index (χ3n) is 4.75. The summed E-state index contributed by atoms with van der Waals surface area (Å²) in [7, 11) is 0. The van der Waals surface area contributed by atoms with E-state index in [-0.39, 0.29) is 0 Å². The third-order valence-corrected chi connectivity index (χ3v) is 4.75. The molecule has 1 N–H and O–H groups in total. The van der Waals surface area contributed by atoms with Gasteiger partial charge in [-0.25, -0.2) is 0 Å². The molecule has 4 nitrogen and oxygen atoms in total. The molecule has 4 heteroatoms. The van der Waals surface area contributed by atoms with E-state index in [1.54, 1.807) is 0 Å². The largest absolute Gasteiger partial charge is 0.369 e. The van der Waals surface area contributed by atoms with Crippen molar-refractivity contribution in [1.82, 2.24) is 15.2 Å². The number of aromatic nitrogens is 1. The Morgan fingerprint density at radius 1 is 1.10 bits per heavy atom. The van der Waals surface area contributed by atoms with Gasteiger partial charge in [-0.1, -0.05) is 0 Å². The minimum Gasteiger partial charge on any atom is -0.369 e. The van der Waals surface area contributed by atoms with Crippen LogP contribution >= 0.6 is 0 Å². The van der Waals surface area contributed by atoms with Crippen molar-refractivity contribution in [2.45, 2.75) is 44.3 Å². The van der Waals surface area contributed by atoms with Crippen molar-refractivity contribution in [2.75, 3.05) is 31.1 Å². The van der Waals surface area contributed by atoms with E-state index in [0.29, 0.717) is 0 Å². The number of hydrogen-bond acceptors (Lipinski definition) is 4. The van der Waals surface area contributed by atoms with Crippen molar-refractivity contribution in [3.63, 3.8) is 0 Å². The number of nitrogens with one attached hydrogen (secondary N) is 1. The van der Waals surface area contributed by atoms with Gasteiger partial charge in [0.15, 0.2) is 0 Å². The van der Waals surface area contributed by atoms with E-state index in [1.165, 1.54) is 50.0 Å². The molecule has 0 bridgehead atoms. The molecule has 0 amide bonds. The molecule has 0 unspecified atom stereocenters. The molecular weight excluding hydrogens is 248 g/mol. The fourth-order valence-electron chi connectivity index (χ4n) is 3.17. The monoisotopic (exact) mass is 272 g/mol. The van der Waals surface area contributed by atoms with Crippen molar-refractivity contribution < 1.29 is 0 Å². The number of pyridine rings is 1. The summed E-state index contributed by atoms with van der Waals surface area (Å²) in [6, 6.07) is 3.86. The molecule has 2 saturated carbocycles. The third kappa shape index (κ3) is 2.81. The maximum absolute atomic E-state index is 4.31. The second-order valence-corrected chi connectivity index (χ2v) is 6.41. The van der Waals surface area contributed by atoms with Crippen LogP contribution in [0.2, 0.25) is 0 Å². The molecule has 1 aromatic heterocycles.